The molecule has 0 saturated heterocycles. The molecule has 1 aromatic carbocycles. The summed E-state index contributed by atoms with van der Waals surface area (Å²) in [6.45, 7) is 0. The van der Waals surface area contributed by atoms with Gasteiger partial charge in [0.25, 0.3) is 0 Å². The fourth-order valence-electron chi connectivity index (χ4n) is 1.43. The van der Waals surface area contributed by atoms with Crippen LogP contribution in [0.2, 0.25) is 0 Å². The van der Waals surface area contributed by atoms with E-state index in [2.05, 4.69) is 0 Å². The molecule has 0 amide bonds. The number of hydrogen-bond acceptors (Lipinski definition) is 4. The van der Waals surface area contributed by atoms with E-state index in [1.165, 1.54) is 11.3 Å². The van der Waals surface area contributed by atoms with E-state index < -0.39 is 0 Å². The molecule has 0 bridgehead atoms. The highest BCUT2D eigenvalue weighted by Crippen LogP contribution is 2.35. The first-order valence-corrected chi connectivity index (χ1v) is 4.96. The lowest BCUT2D eigenvalue weighted by molar-refractivity contribution is 0.471. The monoisotopic (exact) mass is 204 g/mol. The van der Waals surface area contributed by atoms with E-state index in [-0.39, 0.29) is 12.2 Å². The minimum Gasteiger partial charge on any atom is -0.508 e. The molecule has 0 radical (unpaired) electrons. The molecule has 1 aromatic heterocycles. The van der Waals surface area contributed by atoms with Crippen LogP contribution in [0.25, 0.3) is 10.1 Å². The van der Waals surface area contributed by atoms with Gasteiger partial charge in [0.1, 0.15) is 5.75 Å². The van der Waals surface area contributed by atoms with Crippen molar-refractivity contribution in [2.75, 3.05) is 5.73 Å². The van der Waals surface area contributed by atoms with Crippen molar-refractivity contribution in [2.45, 2.75) is 6.42 Å². The average molecular weight is 204 g/mol. The van der Waals surface area contributed by atoms with Crippen LogP contribution in [0.1, 0.15) is 5.56 Å². The van der Waals surface area contributed by atoms with Crippen molar-refractivity contribution in [3.63, 3.8) is 0 Å². The Hall–Kier alpha value is -1.73. The zero-order chi connectivity index (χ0) is 10.1. The molecule has 0 unspecified atom stereocenters. The largest absolute Gasteiger partial charge is 0.508 e. The van der Waals surface area contributed by atoms with Crippen LogP contribution in [-0.4, -0.2) is 5.11 Å². The number of thiophene rings is 1. The Kier molecular flexibility index (Phi) is 2.02. The van der Waals surface area contributed by atoms with E-state index in [1.54, 1.807) is 6.07 Å². The number of aromatic hydroxyl groups is 1. The van der Waals surface area contributed by atoms with E-state index in [4.69, 9.17) is 11.0 Å². The first-order chi connectivity index (χ1) is 6.74. The topological polar surface area (TPSA) is 70.0 Å². The van der Waals surface area contributed by atoms with Crippen LogP contribution in [0.4, 0.5) is 5.69 Å². The van der Waals surface area contributed by atoms with Crippen molar-refractivity contribution < 1.29 is 5.11 Å². The number of fused-ring (bicyclic) bond motifs is 1. The number of anilines is 1. The molecule has 0 aliphatic rings. The number of nitriles is 1. The van der Waals surface area contributed by atoms with Gasteiger partial charge in [-0.05, 0) is 17.5 Å². The van der Waals surface area contributed by atoms with Gasteiger partial charge < -0.3 is 10.8 Å². The Balaban J connectivity index is 2.77. The molecule has 0 saturated carbocycles. The zero-order valence-electron chi connectivity index (χ0n) is 7.32. The van der Waals surface area contributed by atoms with Gasteiger partial charge >= 0.3 is 0 Å². The van der Waals surface area contributed by atoms with Crippen molar-refractivity contribution in [2.24, 2.45) is 0 Å². The third-order valence-electron chi connectivity index (χ3n) is 2.14. The average Bonchev–Trinajstić information content (AvgIpc) is 2.60. The maximum absolute atomic E-state index is 9.61. The molecule has 0 spiro atoms. The van der Waals surface area contributed by atoms with Crippen LogP contribution in [0.15, 0.2) is 17.5 Å². The molecule has 3 nitrogen and oxygen atoms in total. The molecule has 14 heavy (non-hydrogen) atoms. The lowest BCUT2D eigenvalue weighted by atomic mass is 10.1. The second-order valence-corrected chi connectivity index (χ2v) is 3.90. The van der Waals surface area contributed by atoms with Crippen molar-refractivity contribution >= 4 is 27.1 Å². The Morgan fingerprint density at radius 1 is 1.57 bits per heavy atom. The highest BCUT2D eigenvalue weighted by molar-refractivity contribution is 7.17. The molecule has 3 N–H and O–H groups in total. The fourth-order valence-corrected chi connectivity index (χ4v) is 2.27. The van der Waals surface area contributed by atoms with Crippen LogP contribution in [0.5, 0.6) is 5.75 Å². The minimum absolute atomic E-state index is 0.110. The third kappa shape index (κ3) is 1.19. The highest BCUT2D eigenvalue weighted by Gasteiger charge is 2.10. The summed E-state index contributed by atoms with van der Waals surface area (Å²) in [7, 11) is 0. The smallest absolute Gasteiger partial charge is 0.123 e. The SMILES string of the molecule is N#CCc1c(O)cc2sccc2c1N. The van der Waals surface area contributed by atoms with E-state index in [0.29, 0.717) is 11.3 Å². The Morgan fingerprint density at radius 2 is 2.36 bits per heavy atom. The Labute approximate surface area is 85.0 Å². The van der Waals surface area contributed by atoms with Gasteiger partial charge in [0, 0.05) is 21.3 Å². The van der Waals surface area contributed by atoms with Gasteiger partial charge in [0.15, 0.2) is 0 Å². The van der Waals surface area contributed by atoms with E-state index in [1.807, 2.05) is 17.5 Å². The summed E-state index contributed by atoms with van der Waals surface area (Å²) in [5.41, 5.74) is 6.89. The molecule has 0 aliphatic heterocycles. The molecular weight excluding hydrogens is 196 g/mol. The van der Waals surface area contributed by atoms with Crippen LogP contribution in [0.3, 0.4) is 0 Å². The number of hydrogen-bond donors (Lipinski definition) is 2. The van der Waals surface area contributed by atoms with Crippen molar-refractivity contribution in [3.05, 3.63) is 23.1 Å². The van der Waals surface area contributed by atoms with E-state index >= 15 is 0 Å². The molecule has 0 aliphatic carbocycles. The molecule has 2 aromatic rings. The maximum atomic E-state index is 9.61. The summed E-state index contributed by atoms with van der Waals surface area (Å²) in [5, 5.41) is 21.0. The Bertz CT molecular complexity index is 525. The standard InChI is InChI=1S/C10H8N2OS/c11-3-1-6-8(13)5-9-7(10(6)12)2-4-14-9/h2,4-5,13H,1,12H2. The van der Waals surface area contributed by atoms with Gasteiger partial charge in [-0.1, -0.05) is 0 Å². The summed E-state index contributed by atoms with van der Waals surface area (Å²) in [6, 6.07) is 5.54. The number of nitrogens with zero attached hydrogens (tertiary/aromatic N) is 1. The second kappa shape index (κ2) is 3.20. The predicted molar refractivity (Wildman–Crippen MR) is 57.2 cm³/mol. The summed E-state index contributed by atoms with van der Waals surface area (Å²) < 4.78 is 0.946. The number of benzene rings is 1. The van der Waals surface area contributed by atoms with Gasteiger partial charge in [0.2, 0.25) is 0 Å². The zero-order valence-corrected chi connectivity index (χ0v) is 8.14. The maximum Gasteiger partial charge on any atom is 0.123 e. The quantitative estimate of drug-likeness (QED) is 0.700. The van der Waals surface area contributed by atoms with Gasteiger partial charge in [0.05, 0.1) is 12.5 Å². The number of phenols is 1. The van der Waals surface area contributed by atoms with Crippen molar-refractivity contribution in [1.29, 1.82) is 5.26 Å². The summed E-state index contributed by atoms with van der Waals surface area (Å²) >= 11 is 1.52. The highest BCUT2D eigenvalue weighted by atomic mass is 32.1. The summed E-state index contributed by atoms with van der Waals surface area (Å²) in [4.78, 5) is 0. The Morgan fingerprint density at radius 3 is 3.07 bits per heavy atom. The van der Waals surface area contributed by atoms with E-state index in [0.717, 1.165) is 10.1 Å². The normalized spacial score (nSPS) is 10.2. The minimum atomic E-state index is 0.110. The van der Waals surface area contributed by atoms with Crippen LogP contribution >= 0.6 is 11.3 Å². The first-order valence-electron chi connectivity index (χ1n) is 4.08. The van der Waals surface area contributed by atoms with Gasteiger partial charge in [-0.3, -0.25) is 0 Å². The summed E-state index contributed by atoms with van der Waals surface area (Å²) in [6.07, 6.45) is 0.142. The van der Waals surface area contributed by atoms with Gasteiger partial charge in [-0.2, -0.15) is 5.26 Å². The number of rotatable bonds is 1. The molecule has 0 fully saturated rings. The molecule has 0 atom stereocenters. The lowest BCUT2D eigenvalue weighted by Crippen LogP contribution is -1.94. The fraction of sp³-hybridized carbons (Fsp3) is 0.100. The van der Waals surface area contributed by atoms with Gasteiger partial charge in [-0.25, -0.2) is 0 Å². The lowest BCUT2D eigenvalue weighted by Gasteiger charge is -2.05. The predicted octanol–water partition coefficient (Wildman–Crippen LogP) is 2.26. The van der Waals surface area contributed by atoms with Crippen LogP contribution in [0, 0.1) is 11.3 Å². The van der Waals surface area contributed by atoms with Crippen molar-refractivity contribution in [3.8, 4) is 11.8 Å². The van der Waals surface area contributed by atoms with Gasteiger partial charge in [-0.15, -0.1) is 11.3 Å². The second-order valence-electron chi connectivity index (χ2n) is 2.96. The third-order valence-corrected chi connectivity index (χ3v) is 3.01. The molecule has 1 heterocycles. The number of nitrogen functional groups attached to an aromatic ring is 1. The molecule has 2 rings (SSSR count). The van der Waals surface area contributed by atoms with Crippen LogP contribution in [-0.2, 0) is 6.42 Å². The molecular formula is C10H8N2OS. The van der Waals surface area contributed by atoms with Crippen LogP contribution < -0.4 is 5.73 Å². The van der Waals surface area contributed by atoms with E-state index in [9.17, 15) is 5.11 Å². The molecule has 4 heteroatoms. The molecule has 70 valence electrons. The number of nitrogens with two attached hydrogens (primary N) is 1. The summed E-state index contributed by atoms with van der Waals surface area (Å²) in [5.74, 6) is 0.110. The number of phenolic OH excluding ortho intramolecular Hbond substituents is 1. The first kappa shape index (κ1) is 8.85. The van der Waals surface area contributed by atoms with Crippen molar-refractivity contribution in [1.82, 2.24) is 0 Å².